The molecule has 3 aromatic rings. The third-order valence-electron chi connectivity index (χ3n) is 4.09. The summed E-state index contributed by atoms with van der Waals surface area (Å²) in [5.74, 6) is -1.65. The van der Waals surface area contributed by atoms with Crippen molar-refractivity contribution in [2.24, 2.45) is 0 Å². The minimum atomic E-state index is -4.65. The number of nitrogens with zero attached hydrogens (tertiary/aromatic N) is 2. The van der Waals surface area contributed by atoms with Crippen molar-refractivity contribution in [2.45, 2.75) is 17.9 Å². The first-order valence-electron chi connectivity index (χ1n) is 8.96. The van der Waals surface area contributed by atoms with Gasteiger partial charge >= 0.3 is 12.1 Å². The molecule has 3 rings (SSSR count). The third-order valence-corrected chi connectivity index (χ3v) is 4.94. The van der Waals surface area contributed by atoms with Gasteiger partial charge in [-0.25, -0.2) is 14.8 Å². The highest BCUT2D eigenvalue weighted by atomic mass is 32.2. The summed E-state index contributed by atoms with van der Waals surface area (Å²) in [7, 11) is 0. The zero-order valence-electron chi connectivity index (χ0n) is 15.9. The molecular weight excluding hydrogens is 431 g/mol. The fourth-order valence-electron chi connectivity index (χ4n) is 2.54. The number of alkyl halides is 3. The molecule has 10 heteroatoms. The second kappa shape index (κ2) is 9.61. The molecule has 0 aliphatic carbocycles. The van der Waals surface area contributed by atoms with E-state index in [0.29, 0.717) is 11.1 Å². The Bertz CT molecular complexity index is 1070. The Morgan fingerprint density at radius 1 is 1.00 bits per heavy atom. The summed E-state index contributed by atoms with van der Waals surface area (Å²) in [6, 6.07) is 15.2. The normalized spacial score (nSPS) is 11.2. The molecule has 0 saturated heterocycles. The summed E-state index contributed by atoms with van der Waals surface area (Å²) in [5, 5.41) is 11.3. The van der Waals surface area contributed by atoms with E-state index in [2.05, 4.69) is 15.3 Å². The third kappa shape index (κ3) is 6.29. The summed E-state index contributed by atoms with van der Waals surface area (Å²) < 4.78 is 39.7. The Morgan fingerprint density at radius 3 is 2.29 bits per heavy atom. The molecule has 0 fully saturated rings. The lowest BCUT2D eigenvalue weighted by Gasteiger charge is -2.10. The molecule has 2 N–H and O–H groups in total. The lowest BCUT2D eigenvalue weighted by molar-refractivity contribution is -0.141. The second-order valence-electron chi connectivity index (χ2n) is 6.35. The molecule has 0 aliphatic heterocycles. The number of carbonyl (C=O) groups excluding carboxylic acids is 1. The van der Waals surface area contributed by atoms with Crippen LogP contribution in [0, 0.1) is 0 Å². The summed E-state index contributed by atoms with van der Waals surface area (Å²) in [6.45, 7) is 0.151. The molecule has 6 nitrogen and oxygen atoms in total. The number of nitrogens with one attached hydrogen (secondary N) is 1. The van der Waals surface area contributed by atoms with Crippen LogP contribution in [0.25, 0.3) is 11.3 Å². The van der Waals surface area contributed by atoms with E-state index in [9.17, 15) is 22.8 Å². The topological polar surface area (TPSA) is 92.2 Å². The van der Waals surface area contributed by atoms with E-state index in [-0.39, 0.29) is 28.7 Å². The number of amides is 1. The maximum atomic E-state index is 13.2. The van der Waals surface area contributed by atoms with Gasteiger partial charge in [-0.05, 0) is 23.8 Å². The molecule has 0 bridgehead atoms. The molecule has 0 atom stereocenters. The fraction of sp³-hybridized carbons (Fsp3) is 0.143. The number of carbonyl (C=O) groups is 2. The first-order chi connectivity index (χ1) is 14.7. The monoisotopic (exact) mass is 447 g/mol. The molecule has 31 heavy (non-hydrogen) atoms. The van der Waals surface area contributed by atoms with Crippen molar-refractivity contribution in [2.75, 3.05) is 5.75 Å². The Morgan fingerprint density at radius 2 is 1.68 bits per heavy atom. The minimum absolute atomic E-state index is 0.115. The minimum Gasteiger partial charge on any atom is -0.478 e. The van der Waals surface area contributed by atoms with Gasteiger partial charge in [-0.3, -0.25) is 4.79 Å². The van der Waals surface area contributed by atoms with Crippen LogP contribution in [0.1, 0.15) is 21.6 Å². The van der Waals surface area contributed by atoms with E-state index in [1.807, 2.05) is 0 Å². The molecule has 0 spiro atoms. The van der Waals surface area contributed by atoms with E-state index in [0.717, 1.165) is 17.8 Å². The Kier molecular flexibility index (Phi) is 6.91. The van der Waals surface area contributed by atoms with Crippen LogP contribution in [0.3, 0.4) is 0 Å². The van der Waals surface area contributed by atoms with Gasteiger partial charge in [0.15, 0.2) is 5.16 Å². The van der Waals surface area contributed by atoms with Crippen molar-refractivity contribution in [1.82, 2.24) is 15.3 Å². The number of hydrogen-bond donors (Lipinski definition) is 2. The van der Waals surface area contributed by atoms with E-state index in [4.69, 9.17) is 5.11 Å². The summed E-state index contributed by atoms with van der Waals surface area (Å²) in [5.41, 5.74) is 0.352. The number of benzene rings is 2. The van der Waals surface area contributed by atoms with Gasteiger partial charge < -0.3 is 10.4 Å². The number of thioether (sulfide) groups is 1. The molecule has 2 aromatic carbocycles. The van der Waals surface area contributed by atoms with Gasteiger partial charge in [-0.15, -0.1) is 0 Å². The fourth-order valence-corrected chi connectivity index (χ4v) is 3.23. The first-order valence-corrected chi connectivity index (χ1v) is 9.94. The predicted molar refractivity (Wildman–Crippen MR) is 108 cm³/mol. The molecule has 0 aliphatic rings. The average molecular weight is 447 g/mol. The van der Waals surface area contributed by atoms with Crippen molar-refractivity contribution in [3.05, 3.63) is 77.5 Å². The van der Waals surface area contributed by atoms with Gasteiger partial charge in [0, 0.05) is 12.1 Å². The Balaban J connectivity index is 1.66. The summed E-state index contributed by atoms with van der Waals surface area (Å²) in [6.07, 6.45) is -4.65. The van der Waals surface area contributed by atoms with Crippen molar-refractivity contribution >= 4 is 23.6 Å². The van der Waals surface area contributed by atoms with Gasteiger partial charge in [-0.1, -0.05) is 54.2 Å². The SMILES string of the molecule is O=C(CSc1nc(-c2ccccc2)cc(C(F)(F)F)n1)NCc1ccc(C(=O)O)cc1. The number of hydrogen-bond acceptors (Lipinski definition) is 5. The van der Waals surface area contributed by atoms with Gasteiger partial charge in [0.25, 0.3) is 0 Å². The smallest absolute Gasteiger partial charge is 0.433 e. The molecule has 1 aromatic heterocycles. The molecular formula is C21H16F3N3O3S. The Hall–Kier alpha value is -3.40. The van der Waals surface area contributed by atoms with Crippen molar-refractivity contribution in [1.29, 1.82) is 0 Å². The number of halogens is 3. The standard InChI is InChI=1S/C21H16F3N3O3S/c22-21(23,24)17-10-16(14-4-2-1-3-5-14)26-20(27-17)31-12-18(28)25-11-13-6-8-15(9-7-13)19(29)30/h1-10H,11-12H2,(H,25,28)(H,29,30). The maximum absolute atomic E-state index is 13.2. The maximum Gasteiger partial charge on any atom is 0.433 e. The Labute approximate surface area is 179 Å². The molecule has 1 heterocycles. The van der Waals surface area contributed by atoms with Crippen LogP contribution in [0.15, 0.2) is 65.8 Å². The van der Waals surface area contributed by atoms with E-state index >= 15 is 0 Å². The van der Waals surface area contributed by atoms with Crippen LogP contribution >= 0.6 is 11.8 Å². The molecule has 0 unspecified atom stereocenters. The zero-order chi connectivity index (χ0) is 22.4. The number of aromatic carboxylic acids is 1. The number of rotatable bonds is 7. The number of carboxylic acid groups (broad SMARTS) is 1. The molecule has 0 saturated carbocycles. The van der Waals surface area contributed by atoms with Crippen molar-refractivity contribution in [3.8, 4) is 11.3 Å². The van der Waals surface area contributed by atoms with Gasteiger partial charge in [0.1, 0.15) is 5.69 Å². The highest BCUT2D eigenvalue weighted by Crippen LogP contribution is 2.31. The van der Waals surface area contributed by atoms with E-state index in [1.54, 1.807) is 42.5 Å². The highest BCUT2D eigenvalue weighted by Gasteiger charge is 2.34. The van der Waals surface area contributed by atoms with Crippen LogP contribution < -0.4 is 5.32 Å². The summed E-state index contributed by atoms with van der Waals surface area (Å²) >= 11 is 0.797. The molecule has 1 amide bonds. The van der Waals surface area contributed by atoms with Crippen molar-refractivity contribution in [3.63, 3.8) is 0 Å². The van der Waals surface area contributed by atoms with Crippen LogP contribution in [0.2, 0.25) is 0 Å². The number of aromatic nitrogens is 2. The second-order valence-corrected chi connectivity index (χ2v) is 7.29. The van der Waals surface area contributed by atoms with E-state index in [1.165, 1.54) is 12.1 Å². The van der Waals surface area contributed by atoms with Crippen molar-refractivity contribution < 1.29 is 27.9 Å². The van der Waals surface area contributed by atoms with Crippen LogP contribution in [0.4, 0.5) is 13.2 Å². The zero-order valence-corrected chi connectivity index (χ0v) is 16.7. The number of carboxylic acids is 1. The van der Waals surface area contributed by atoms with Gasteiger partial charge in [0.05, 0.1) is 17.0 Å². The van der Waals surface area contributed by atoms with Crippen LogP contribution in [-0.2, 0) is 17.5 Å². The van der Waals surface area contributed by atoms with Crippen LogP contribution in [0.5, 0.6) is 0 Å². The molecule has 160 valence electrons. The first kappa shape index (κ1) is 22.3. The van der Waals surface area contributed by atoms with Gasteiger partial charge in [0.2, 0.25) is 5.91 Å². The largest absolute Gasteiger partial charge is 0.478 e. The highest BCUT2D eigenvalue weighted by molar-refractivity contribution is 7.99. The molecule has 0 radical (unpaired) electrons. The van der Waals surface area contributed by atoms with Crippen LogP contribution in [-0.4, -0.2) is 32.7 Å². The predicted octanol–water partition coefficient (Wildman–Crippen LogP) is 4.27. The lowest BCUT2D eigenvalue weighted by Crippen LogP contribution is -2.24. The lowest BCUT2D eigenvalue weighted by atomic mass is 10.1. The quantitative estimate of drug-likeness (QED) is 0.415. The average Bonchev–Trinajstić information content (AvgIpc) is 2.76. The van der Waals surface area contributed by atoms with E-state index < -0.39 is 23.7 Å². The summed E-state index contributed by atoms with van der Waals surface area (Å²) in [4.78, 5) is 30.6. The van der Waals surface area contributed by atoms with Gasteiger partial charge in [-0.2, -0.15) is 13.2 Å².